The monoisotopic (exact) mass is 1650 g/mol. The molecule has 23 aromatic carbocycles. The van der Waals surface area contributed by atoms with Crippen LogP contribution in [0.25, 0.3) is 219 Å². The quantitative estimate of drug-likeness (QED) is 0.115. The molecule has 0 N–H and O–H groups in total. The molecule has 5 aliphatic rings. The van der Waals surface area contributed by atoms with Crippen molar-refractivity contribution in [2.24, 2.45) is 0 Å². The normalized spacial score (nSPS) is 14.3. The Morgan fingerprint density at radius 3 is 0.792 bits per heavy atom. The summed E-state index contributed by atoms with van der Waals surface area (Å²) in [5.41, 5.74) is 41.7. The fourth-order valence-electron chi connectivity index (χ4n) is 25.9. The van der Waals surface area contributed by atoms with Gasteiger partial charge in [-0.3, -0.25) is 0 Å². The fourth-order valence-corrected chi connectivity index (χ4v) is 25.9. The third-order valence-electron chi connectivity index (χ3n) is 31.0. The van der Waals surface area contributed by atoms with Crippen molar-refractivity contribution < 1.29 is 0 Å². The molecular formula is C130H88. The van der Waals surface area contributed by atoms with Crippen LogP contribution >= 0.6 is 0 Å². The van der Waals surface area contributed by atoms with Crippen molar-refractivity contribution in [2.45, 2.75) is 63.2 Å². The van der Waals surface area contributed by atoms with Crippen molar-refractivity contribution in [1.29, 1.82) is 0 Å². The average molecular weight is 1650 g/mol. The van der Waals surface area contributed by atoms with E-state index in [0.717, 1.165) is 0 Å². The summed E-state index contributed by atoms with van der Waals surface area (Å²) >= 11 is 0. The molecule has 1 spiro atoms. The van der Waals surface area contributed by atoms with E-state index in [9.17, 15) is 0 Å². The van der Waals surface area contributed by atoms with E-state index in [1.807, 2.05) is 0 Å². The SMILES string of the molecule is CC1(C)c2c(-c3cccc(-c4c5ccccc5c(-c5ccc6c(c5)C5(c7ccccc7-c7ccccc75)c5ccccc5-6)c5ccccc45)c3)cccc2-c2c1c1ccccc1c1ccccc21.CC1(C)c2ccccc2-c2c1cc(-c1c3ccccc3c(-c3cccc(-c4cccc5c4C(C)(C)c4c-5c5ccccc5c5ccccc45)c3)c3ccccc13)c1ccccc21. The molecule has 5 aliphatic carbocycles. The van der Waals surface area contributed by atoms with Crippen LogP contribution < -0.4 is 0 Å². The number of hydrogen-bond acceptors (Lipinski definition) is 0. The van der Waals surface area contributed by atoms with Gasteiger partial charge in [-0.2, -0.15) is 0 Å². The Hall–Kier alpha value is -15.6. The zero-order valence-corrected chi connectivity index (χ0v) is 73.4. The second kappa shape index (κ2) is 27.5. The van der Waals surface area contributed by atoms with Gasteiger partial charge in [-0.25, -0.2) is 0 Å². The first-order chi connectivity index (χ1) is 63.8. The molecule has 130 heavy (non-hydrogen) atoms. The molecule has 0 heteroatoms. The lowest BCUT2D eigenvalue weighted by Crippen LogP contribution is -2.25. The molecule has 0 amide bonds. The van der Waals surface area contributed by atoms with Gasteiger partial charge >= 0.3 is 0 Å². The molecule has 608 valence electrons. The molecule has 0 aromatic heterocycles. The standard InChI is InChI=1S/C68H44.C62H44/c1-67(2)65-44(32-18-33-57(65)64-51-26-5-3-21-45(51)46-22-4-10-31-56(46)66(64)67)41-19-17-20-42(39-41)62-52-27-6-8-29-54(52)63(55-30-9-7-28-53(55)62)43-37-38-50-49-25-13-16-36-60(49)68(61(50)40-43)58-34-14-11-23-47(58)48-24-12-15-35-59(48)68;1-61(2)53-34-16-15-31-50(53)57-43-24-8-6-23-42(43)52(36-54(57)61)56-47-28-12-10-26-45(47)55(46-27-11-13-29-48(46)56)38-20-17-19-37(35-38)39-32-18-33-51-58-44-25-9-5-21-40(44)41-22-7-14-30-49(41)60(58)62(3,4)59(39)51/h3-40H,1-2H3;5-36H,1-4H3. The Kier molecular flexibility index (Phi) is 15.8. The van der Waals surface area contributed by atoms with Crippen LogP contribution in [0.2, 0.25) is 0 Å². The zero-order valence-electron chi connectivity index (χ0n) is 73.4. The third kappa shape index (κ3) is 10.1. The van der Waals surface area contributed by atoms with Gasteiger partial charge in [-0.15, -0.1) is 0 Å². The van der Waals surface area contributed by atoms with E-state index < -0.39 is 5.41 Å². The highest BCUT2D eigenvalue weighted by Crippen LogP contribution is 2.66. The van der Waals surface area contributed by atoms with Crippen LogP contribution in [0, 0.1) is 0 Å². The highest BCUT2D eigenvalue weighted by atomic mass is 14.5. The summed E-state index contributed by atoms with van der Waals surface area (Å²) in [6.07, 6.45) is 0. The minimum Gasteiger partial charge on any atom is -0.0619 e. The Balaban J connectivity index is 0.000000134. The van der Waals surface area contributed by atoms with Crippen molar-refractivity contribution in [3.05, 3.63) is 480 Å². The molecule has 0 aliphatic heterocycles. The van der Waals surface area contributed by atoms with Crippen LogP contribution in [0.15, 0.2) is 425 Å². The molecule has 0 fully saturated rings. The minimum absolute atomic E-state index is 0.121. The predicted molar refractivity (Wildman–Crippen MR) is 552 cm³/mol. The van der Waals surface area contributed by atoms with Gasteiger partial charge in [0.25, 0.3) is 0 Å². The van der Waals surface area contributed by atoms with Gasteiger partial charge in [0.2, 0.25) is 0 Å². The number of hydrogen-bond donors (Lipinski definition) is 0. The van der Waals surface area contributed by atoms with Crippen LogP contribution in [-0.4, -0.2) is 0 Å². The highest BCUT2D eigenvalue weighted by Gasteiger charge is 2.52. The Morgan fingerprint density at radius 2 is 0.392 bits per heavy atom. The summed E-state index contributed by atoms with van der Waals surface area (Å²) in [6.45, 7) is 14.6. The largest absolute Gasteiger partial charge is 0.0725 e. The van der Waals surface area contributed by atoms with E-state index in [4.69, 9.17) is 0 Å². The lowest BCUT2D eigenvalue weighted by molar-refractivity contribution is 0.661. The maximum atomic E-state index is 2.55. The van der Waals surface area contributed by atoms with Crippen molar-refractivity contribution >= 4 is 97.0 Å². The number of rotatable bonds is 6. The van der Waals surface area contributed by atoms with E-state index in [1.54, 1.807) is 0 Å². The van der Waals surface area contributed by atoms with E-state index in [0.29, 0.717) is 0 Å². The Morgan fingerprint density at radius 1 is 0.123 bits per heavy atom. The lowest BCUT2D eigenvalue weighted by atomic mass is 9.70. The zero-order chi connectivity index (χ0) is 86.4. The van der Waals surface area contributed by atoms with Crippen molar-refractivity contribution in [3.8, 4) is 122 Å². The number of fused-ring (bicyclic) bond motifs is 35. The second-order valence-electron chi connectivity index (χ2n) is 38.4. The molecule has 23 aromatic rings. The molecule has 0 unspecified atom stereocenters. The van der Waals surface area contributed by atoms with Gasteiger partial charge < -0.3 is 0 Å². The van der Waals surface area contributed by atoms with Crippen LogP contribution in [0.3, 0.4) is 0 Å². The molecule has 0 atom stereocenters. The van der Waals surface area contributed by atoms with Crippen LogP contribution in [0.5, 0.6) is 0 Å². The summed E-state index contributed by atoms with van der Waals surface area (Å²) in [6, 6.07) is 161. The molecule has 0 nitrogen and oxygen atoms in total. The van der Waals surface area contributed by atoms with Gasteiger partial charge in [0, 0.05) is 16.2 Å². The van der Waals surface area contributed by atoms with E-state index in [-0.39, 0.29) is 16.2 Å². The van der Waals surface area contributed by atoms with Gasteiger partial charge in [0.1, 0.15) is 0 Å². The maximum absolute atomic E-state index is 2.55. The van der Waals surface area contributed by atoms with Crippen molar-refractivity contribution in [2.75, 3.05) is 0 Å². The second-order valence-corrected chi connectivity index (χ2v) is 38.4. The van der Waals surface area contributed by atoms with Gasteiger partial charge in [0.15, 0.2) is 0 Å². The van der Waals surface area contributed by atoms with Crippen LogP contribution in [0.1, 0.15) is 97.2 Å². The molecule has 0 saturated carbocycles. The van der Waals surface area contributed by atoms with Gasteiger partial charge in [-0.05, 0) is 299 Å². The minimum atomic E-state index is -0.408. The van der Waals surface area contributed by atoms with Crippen molar-refractivity contribution in [1.82, 2.24) is 0 Å². The Bertz CT molecular complexity index is 8780. The molecule has 28 rings (SSSR count). The smallest absolute Gasteiger partial charge is 0.0619 e. The summed E-state index contributed by atoms with van der Waals surface area (Å²) in [5, 5.41) is 23.4. The molecule has 0 saturated heterocycles. The van der Waals surface area contributed by atoms with E-state index >= 15 is 0 Å². The van der Waals surface area contributed by atoms with Gasteiger partial charge in [0.05, 0.1) is 5.41 Å². The Labute approximate surface area is 757 Å². The molecule has 0 radical (unpaired) electrons. The first kappa shape index (κ1) is 74.6. The lowest BCUT2D eigenvalue weighted by Gasteiger charge is -2.31. The van der Waals surface area contributed by atoms with Gasteiger partial charge in [-0.1, -0.05) is 442 Å². The summed E-state index contributed by atoms with van der Waals surface area (Å²) in [7, 11) is 0. The van der Waals surface area contributed by atoms with E-state index in [1.165, 1.54) is 275 Å². The van der Waals surface area contributed by atoms with Crippen molar-refractivity contribution in [3.63, 3.8) is 0 Å². The fraction of sp³-hybridized carbons (Fsp3) is 0.0769. The maximum Gasteiger partial charge on any atom is 0.0725 e. The first-order valence-electron chi connectivity index (χ1n) is 46.2. The summed E-state index contributed by atoms with van der Waals surface area (Å²) in [4.78, 5) is 0. The first-order valence-corrected chi connectivity index (χ1v) is 46.2. The summed E-state index contributed by atoms with van der Waals surface area (Å²) in [5.74, 6) is 0. The topological polar surface area (TPSA) is 0 Å². The molecule has 0 bridgehead atoms. The molecule has 0 heterocycles. The summed E-state index contributed by atoms with van der Waals surface area (Å²) < 4.78 is 0. The predicted octanol–water partition coefficient (Wildman–Crippen LogP) is 35.0. The third-order valence-corrected chi connectivity index (χ3v) is 31.0. The van der Waals surface area contributed by atoms with Crippen LogP contribution in [-0.2, 0) is 21.7 Å². The van der Waals surface area contributed by atoms with E-state index in [2.05, 4.69) is 466 Å². The highest BCUT2D eigenvalue weighted by molar-refractivity contribution is 6.27. The number of benzene rings is 23. The molecular weight excluding hydrogens is 1560 g/mol. The van der Waals surface area contributed by atoms with Crippen LogP contribution in [0.4, 0.5) is 0 Å². The average Bonchev–Trinajstić information content (AvgIpc) is 1.50.